The van der Waals surface area contributed by atoms with Crippen LogP contribution in [0.1, 0.15) is 0 Å². The molecule has 16 aromatic carbocycles. The first-order valence-electron chi connectivity index (χ1n) is 36.3. The van der Waals surface area contributed by atoms with Crippen LogP contribution in [0.4, 0.5) is 0 Å². The van der Waals surface area contributed by atoms with Gasteiger partial charge in [-0.25, -0.2) is 19.9 Å². The highest BCUT2D eigenvalue weighted by Gasteiger charge is 2.22. The van der Waals surface area contributed by atoms with Crippen molar-refractivity contribution in [2.75, 3.05) is 0 Å². The Hall–Kier alpha value is -12.9. The lowest BCUT2D eigenvalue weighted by atomic mass is 9.91. The maximum absolute atomic E-state index is 5.35. The molecule has 0 bridgehead atoms. The quantitative estimate of drug-likeness (QED) is 0.137. The average Bonchev–Trinajstić information content (AvgIpc) is 1.44. The predicted molar refractivity (Wildman–Crippen MR) is 465 cm³/mol. The van der Waals surface area contributed by atoms with Crippen LogP contribution in [0.2, 0.25) is 0 Å². The van der Waals surface area contributed by atoms with Gasteiger partial charge in [0.05, 0.1) is 22.8 Å². The van der Waals surface area contributed by atoms with Gasteiger partial charge in [0.25, 0.3) is 0 Å². The standard InChI is InChI=1S/2C50H30N2S2/c1-2-14-32(15-3-1)50-51-42(30-43(52-50)39-22-10-16-31-13-4-5-17-36(31)39)35-28-33(37-20-11-25-46-48(37)40-18-6-8-23-44(40)53-46)27-34(29-35)38-21-12-26-47-49(38)41-19-7-9-24-45(41)54-47;1-2-12-32(13-3-1)50-51-44(30-45(52-50)39-18-10-14-31-11-4-5-15-38(31)39)37-26-35(33-21-23-48-42(28-33)40-16-6-8-19-46(40)53-48)25-36(27-37)34-22-24-49-43(29-34)41-17-7-9-20-47(41)54-49/h2*1-30H. The molecule has 0 aliphatic rings. The van der Waals surface area contributed by atoms with E-state index in [9.17, 15) is 0 Å². The van der Waals surface area contributed by atoms with E-state index in [0.717, 1.165) is 67.3 Å². The normalized spacial score (nSPS) is 11.7. The van der Waals surface area contributed by atoms with Crippen molar-refractivity contribution in [3.63, 3.8) is 0 Å². The number of aromatic nitrogens is 4. The third kappa shape index (κ3) is 11.4. The molecule has 8 heteroatoms. The number of benzene rings is 16. The van der Waals surface area contributed by atoms with Crippen molar-refractivity contribution in [1.82, 2.24) is 19.9 Å². The van der Waals surface area contributed by atoms with Gasteiger partial charge in [-0.05, 0) is 175 Å². The molecule has 0 fully saturated rings. The second kappa shape index (κ2) is 26.6. The number of hydrogen-bond donors (Lipinski definition) is 0. The van der Waals surface area contributed by atoms with Crippen molar-refractivity contribution >= 4 is 148 Å². The van der Waals surface area contributed by atoms with Gasteiger partial charge in [-0.3, -0.25) is 0 Å². The third-order valence-electron chi connectivity index (χ3n) is 21.0. The summed E-state index contributed by atoms with van der Waals surface area (Å²) < 4.78 is 10.4. The van der Waals surface area contributed by atoms with Crippen molar-refractivity contribution in [2.45, 2.75) is 0 Å². The van der Waals surface area contributed by atoms with E-state index in [1.165, 1.54) is 136 Å². The summed E-state index contributed by atoms with van der Waals surface area (Å²) in [5.74, 6) is 1.42. The fraction of sp³-hybridized carbons (Fsp3) is 0. The highest BCUT2D eigenvalue weighted by Crippen LogP contribution is 2.48. The Morgan fingerprint density at radius 3 is 0.917 bits per heavy atom. The molecule has 0 unspecified atom stereocenters. The van der Waals surface area contributed by atoms with E-state index < -0.39 is 0 Å². The first kappa shape index (κ1) is 63.5. The summed E-state index contributed by atoms with van der Waals surface area (Å²) in [6.45, 7) is 0. The van der Waals surface area contributed by atoms with E-state index >= 15 is 0 Å². The van der Waals surface area contributed by atoms with E-state index in [-0.39, 0.29) is 0 Å². The minimum Gasteiger partial charge on any atom is -0.228 e. The van der Waals surface area contributed by atoms with E-state index in [4.69, 9.17) is 19.9 Å². The molecule has 0 N–H and O–H groups in total. The Morgan fingerprint density at radius 1 is 0.157 bits per heavy atom. The smallest absolute Gasteiger partial charge is 0.160 e. The van der Waals surface area contributed by atoms with Crippen LogP contribution < -0.4 is 0 Å². The van der Waals surface area contributed by atoms with Crippen LogP contribution in [0, 0.1) is 0 Å². The van der Waals surface area contributed by atoms with Crippen LogP contribution in [-0.4, -0.2) is 19.9 Å². The van der Waals surface area contributed by atoms with Gasteiger partial charge in [0.2, 0.25) is 0 Å². The van der Waals surface area contributed by atoms with Crippen molar-refractivity contribution in [3.05, 3.63) is 364 Å². The molecule has 6 aromatic heterocycles. The molecule has 0 aliphatic heterocycles. The summed E-state index contributed by atoms with van der Waals surface area (Å²) >= 11 is 7.42. The Labute approximate surface area is 638 Å². The zero-order valence-electron chi connectivity index (χ0n) is 58.1. The van der Waals surface area contributed by atoms with Gasteiger partial charge in [0.15, 0.2) is 11.6 Å². The molecular formula is C100H60N4S4. The molecule has 504 valence electrons. The lowest BCUT2D eigenvalue weighted by Crippen LogP contribution is -1.97. The summed E-state index contributed by atoms with van der Waals surface area (Å²) in [7, 11) is 0. The first-order chi connectivity index (χ1) is 53.5. The summed E-state index contributed by atoms with van der Waals surface area (Å²) in [5, 5.41) is 15.1. The summed E-state index contributed by atoms with van der Waals surface area (Å²) in [6, 6.07) is 131. The largest absolute Gasteiger partial charge is 0.228 e. The van der Waals surface area contributed by atoms with Crippen LogP contribution in [0.5, 0.6) is 0 Å². The number of rotatable bonds is 10. The topological polar surface area (TPSA) is 51.6 Å². The SMILES string of the molecule is c1ccc(-c2nc(-c3cc(-c4ccc5sc6ccccc6c5c4)cc(-c4ccc5sc6ccccc6c5c4)c3)cc(-c3cccc4ccccc34)n2)cc1.c1ccc(-c2nc(-c3cc(-c4cccc5sc6ccccc6c45)cc(-c4cccc5sc6ccccc6c45)c3)cc(-c3cccc4ccccc34)n2)cc1. The average molecular weight is 1450 g/mol. The highest BCUT2D eigenvalue weighted by molar-refractivity contribution is 7.27. The lowest BCUT2D eigenvalue weighted by Gasteiger charge is -2.15. The second-order valence-electron chi connectivity index (χ2n) is 27.5. The molecule has 22 aromatic rings. The number of hydrogen-bond acceptors (Lipinski definition) is 8. The molecular weight excluding hydrogens is 1390 g/mol. The van der Waals surface area contributed by atoms with E-state index in [0.29, 0.717) is 11.6 Å². The van der Waals surface area contributed by atoms with Gasteiger partial charge in [-0.15, -0.1) is 45.3 Å². The molecule has 6 heterocycles. The van der Waals surface area contributed by atoms with Gasteiger partial charge in [0.1, 0.15) is 0 Å². The van der Waals surface area contributed by atoms with Crippen molar-refractivity contribution in [1.29, 1.82) is 0 Å². The fourth-order valence-electron chi connectivity index (χ4n) is 15.8. The Bertz CT molecular complexity index is 7060. The summed E-state index contributed by atoms with van der Waals surface area (Å²) in [4.78, 5) is 21.1. The first-order valence-corrected chi connectivity index (χ1v) is 39.5. The van der Waals surface area contributed by atoms with Crippen molar-refractivity contribution in [3.8, 4) is 112 Å². The minimum atomic E-state index is 0.708. The third-order valence-corrected chi connectivity index (χ3v) is 25.5. The van der Waals surface area contributed by atoms with Gasteiger partial charge in [-0.2, -0.15) is 0 Å². The molecule has 0 saturated carbocycles. The molecule has 0 aliphatic carbocycles. The van der Waals surface area contributed by atoms with Crippen LogP contribution in [0.3, 0.4) is 0 Å². The lowest BCUT2D eigenvalue weighted by molar-refractivity contribution is 1.18. The Balaban J connectivity index is 0.000000138. The van der Waals surface area contributed by atoms with E-state index in [1.807, 2.05) is 57.5 Å². The maximum Gasteiger partial charge on any atom is 0.160 e. The van der Waals surface area contributed by atoms with Crippen molar-refractivity contribution < 1.29 is 0 Å². The van der Waals surface area contributed by atoms with Crippen molar-refractivity contribution in [2.24, 2.45) is 0 Å². The second-order valence-corrected chi connectivity index (χ2v) is 31.8. The van der Waals surface area contributed by atoms with Crippen LogP contribution in [0.15, 0.2) is 364 Å². The molecule has 0 spiro atoms. The summed E-state index contributed by atoms with van der Waals surface area (Å²) in [5.41, 5.74) is 19.3. The molecule has 0 radical (unpaired) electrons. The van der Waals surface area contributed by atoms with E-state index in [2.05, 4.69) is 352 Å². The molecule has 0 saturated heterocycles. The zero-order valence-corrected chi connectivity index (χ0v) is 61.3. The summed E-state index contributed by atoms with van der Waals surface area (Å²) in [6.07, 6.45) is 0. The van der Waals surface area contributed by atoms with Crippen LogP contribution in [-0.2, 0) is 0 Å². The maximum atomic E-state index is 5.35. The number of nitrogens with zero attached hydrogens (tertiary/aromatic N) is 4. The predicted octanol–water partition coefficient (Wildman–Crippen LogP) is 29.4. The zero-order chi connectivity index (χ0) is 71.2. The highest BCUT2D eigenvalue weighted by atomic mass is 32.1. The number of thiophene rings is 4. The fourth-order valence-corrected chi connectivity index (χ4v) is 20.3. The monoisotopic (exact) mass is 1440 g/mol. The van der Waals surface area contributed by atoms with Gasteiger partial charge >= 0.3 is 0 Å². The van der Waals surface area contributed by atoms with Crippen LogP contribution >= 0.6 is 45.3 Å². The molecule has 22 rings (SSSR count). The molecule has 0 amide bonds. The molecule has 4 nitrogen and oxygen atoms in total. The molecule has 0 atom stereocenters. The Kier molecular flexibility index (Phi) is 15.6. The Morgan fingerprint density at radius 2 is 0.463 bits per heavy atom. The van der Waals surface area contributed by atoms with Gasteiger partial charge < -0.3 is 0 Å². The van der Waals surface area contributed by atoms with E-state index in [1.54, 1.807) is 0 Å². The van der Waals surface area contributed by atoms with Gasteiger partial charge in [-0.1, -0.05) is 255 Å². The minimum absolute atomic E-state index is 0.708. The van der Waals surface area contributed by atoms with Crippen LogP contribution in [0.25, 0.3) is 215 Å². The number of fused-ring (bicyclic) bond motifs is 14. The molecule has 108 heavy (non-hydrogen) atoms. The van der Waals surface area contributed by atoms with Gasteiger partial charge in [0, 0.05) is 114 Å².